The summed E-state index contributed by atoms with van der Waals surface area (Å²) in [6.45, 7) is 1.11. The topological polar surface area (TPSA) is 66.5 Å². The van der Waals surface area contributed by atoms with Crippen molar-refractivity contribution in [2.45, 2.75) is 42.4 Å². The molecule has 160 valence electrons. The van der Waals surface area contributed by atoms with Crippen LogP contribution in [0.3, 0.4) is 0 Å². The Morgan fingerprint density at radius 2 is 1.77 bits per heavy atom. The van der Waals surface area contributed by atoms with Crippen LogP contribution < -0.4 is 5.32 Å². The van der Waals surface area contributed by atoms with Gasteiger partial charge in [0.1, 0.15) is 5.82 Å². The van der Waals surface area contributed by atoms with Crippen molar-refractivity contribution in [3.8, 4) is 0 Å². The lowest BCUT2D eigenvalue weighted by Gasteiger charge is -2.43. The van der Waals surface area contributed by atoms with Gasteiger partial charge < -0.3 is 5.32 Å². The van der Waals surface area contributed by atoms with Crippen LogP contribution in [0, 0.1) is 11.7 Å². The number of halogens is 1. The van der Waals surface area contributed by atoms with E-state index < -0.39 is 15.8 Å². The van der Waals surface area contributed by atoms with Gasteiger partial charge in [-0.15, -0.1) is 0 Å². The van der Waals surface area contributed by atoms with E-state index in [-0.39, 0.29) is 28.7 Å². The number of amides is 1. The summed E-state index contributed by atoms with van der Waals surface area (Å²) in [5.41, 5.74) is 1.24. The molecule has 1 amide bonds. The van der Waals surface area contributed by atoms with Crippen molar-refractivity contribution in [3.05, 3.63) is 66.0 Å². The Labute approximate surface area is 177 Å². The van der Waals surface area contributed by atoms with E-state index in [1.54, 1.807) is 0 Å². The van der Waals surface area contributed by atoms with Crippen LogP contribution in [0.1, 0.15) is 37.7 Å². The molecule has 0 spiro atoms. The maximum atomic E-state index is 13.2. The highest BCUT2D eigenvalue weighted by atomic mass is 32.2. The van der Waals surface area contributed by atoms with Crippen LogP contribution >= 0.6 is 0 Å². The molecule has 1 aliphatic carbocycles. The first-order chi connectivity index (χ1) is 14.4. The van der Waals surface area contributed by atoms with Crippen LogP contribution in [0.25, 0.3) is 0 Å². The van der Waals surface area contributed by atoms with Gasteiger partial charge >= 0.3 is 0 Å². The Balaban J connectivity index is 1.41. The van der Waals surface area contributed by atoms with E-state index in [9.17, 15) is 17.6 Å². The van der Waals surface area contributed by atoms with Gasteiger partial charge in [0.25, 0.3) is 0 Å². The predicted molar refractivity (Wildman–Crippen MR) is 113 cm³/mol. The van der Waals surface area contributed by atoms with Gasteiger partial charge in [0, 0.05) is 25.0 Å². The van der Waals surface area contributed by atoms with Crippen molar-refractivity contribution in [1.82, 2.24) is 9.62 Å². The van der Waals surface area contributed by atoms with Crippen molar-refractivity contribution in [1.29, 1.82) is 0 Å². The number of hydrogen-bond donors (Lipinski definition) is 1. The van der Waals surface area contributed by atoms with Crippen molar-refractivity contribution in [3.63, 3.8) is 0 Å². The van der Waals surface area contributed by atoms with E-state index in [1.807, 2.05) is 18.2 Å². The summed E-state index contributed by atoms with van der Waals surface area (Å²) in [7, 11) is -3.74. The molecule has 1 aliphatic heterocycles. The van der Waals surface area contributed by atoms with Gasteiger partial charge in [0.2, 0.25) is 15.9 Å². The second-order valence-electron chi connectivity index (χ2n) is 8.37. The normalized spacial score (nSPS) is 21.6. The highest BCUT2D eigenvalue weighted by Crippen LogP contribution is 2.43. The molecule has 1 atom stereocenters. The quantitative estimate of drug-likeness (QED) is 0.763. The maximum absolute atomic E-state index is 13.2. The molecule has 0 aromatic heterocycles. The molecule has 5 nitrogen and oxygen atoms in total. The third kappa shape index (κ3) is 4.14. The summed E-state index contributed by atoms with van der Waals surface area (Å²) in [5.74, 6) is -0.939. The number of carbonyl (C=O) groups is 1. The molecule has 1 N–H and O–H groups in total. The van der Waals surface area contributed by atoms with Gasteiger partial charge in [-0.05, 0) is 55.5 Å². The molecule has 0 radical (unpaired) electrons. The molecule has 1 saturated carbocycles. The highest BCUT2D eigenvalue weighted by Gasteiger charge is 2.40. The van der Waals surface area contributed by atoms with Crippen LogP contribution in [-0.4, -0.2) is 38.3 Å². The average Bonchev–Trinajstić information content (AvgIpc) is 2.74. The van der Waals surface area contributed by atoms with Gasteiger partial charge in [0.15, 0.2) is 0 Å². The number of hydrogen-bond acceptors (Lipinski definition) is 3. The smallest absolute Gasteiger partial charge is 0.243 e. The SMILES string of the molecule is O=C(NCC1(c2ccccc2)CCC1)C1CCCN(S(=O)(=O)c2ccc(F)cc2)C1. The second kappa shape index (κ2) is 8.47. The lowest BCUT2D eigenvalue weighted by Crippen LogP contribution is -2.50. The fraction of sp³-hybridized carbons (Fsp3) is 0.435. The summed E-state index contributed by atoms with van der Waals surface area (Å²) in [6, 6.07) is 15.1. The lowest BCUT2D eigenvalue weighted by atomic mass is 9.64. The first-order valence-corrected chi connectivity index (χ1v) is 11.9. The number of benzene rings is 2. The summed E-state index contributed by atoms with van der Waals surface area (Å²) < 4.78 is 40.3. The summed E-state index contributed by atoms with van der Waals surface area (Å²) in [4.78, 5) is 12.9. The van der Waals surface area contributed by atoms with E-state index in [1.165, 1.54) is 22.0 Å². The van der Waals surface area contributed by atoms with Crippen molar-refractivity contribution < 1.29 is 17.6 Å². The number of piperidine rings is 1. The van der Waals surface area contributed by atoms with Crippen LogP contribution in [-0.2, 0) is 20.2 Å². The summed E-state index contributed by atoms with van der Waals surface area (Å²) >= 11 is 0. The van der Waals surface area contributed by atoms with E-state index in [2.05, 4.69) is 17.4 Å². The number of sulfonamides is 1. The van der Waals surface area contributed by atoms with Crippen molar-refractivity contribution in [2.75, 3.05) is 19.6 Å². The van der Waals surface area contributed by atoms with Crippen molar-refractivity contribution in [2.24, 2.45) is 5.92 Å². The van der Waals surface area contributed by atoms with Gasteiger partial charge in [0.05, 0.1) is 10.8 Å². The van der Waals surface area contributed by atoms with E-state index in [0.29, 0.717) is 25.9 Å². The van der Waals surface area contributed by atoms with Gasteiger partial charge in [-0.3, -0.25) is 4.79 Å². The Morgan fingerprint density at radius 3 is 2.40 bits per heavy atom. The molecule has 7 heteroatoms. The monoisotopic (exact) mass is 430 g/mol. The fourth-order valence-corrected chi connectivity index (χ4v) is 6.02. The summed E-state index contributed by atoms with van der Waals surface area (Å²) in [6.07, 6.45) is 4.54. The second-order valence-corrected chi connectivity index (χ2v) is 10.3. The minimum Gasteiger partial charge on any atom is -0.355 e. The minimum atomic E-state index is -3.74. The predicted octanol–water partition coefficient (Wildman–Crippen LogP) is 3.46. The molecule has 1 unspecified atom stereocenters. The first-order valence-electron chi connectivity index (χ1n) is 10.5. The number of nitrogens with one attached hydrogen (secondary N) is 1. The zero-order valence-corrected chi connectivity index (χ0v) is 17.7. The maximum Gasteiger partial charge on any atom is 0.243 e. The third-order valence-electron chi connectivity index (χ3n) is 6.50. The average molecular weight is 431 g/mol. The van der Waals surface area contributed by atoms with E-state index >= 15 is 0 Å². The van der Waals surface area contributed by atoms with E-state index in [0.717, 1.165) is 31.4 Å². The molecule has 30 heavy (non-hydrogen) atoms. The molecule has 4 rings (SSSR count). The van der Waals surface area contributed by atoms with Gasteiger partial charge in [-0.25, -0.2) is 12.8 Å². The Morgan fingerprint density at radius 1 is 1.07 bits per heavy atom. The molecule has 2 fully saturated rings. The Hall–Kier alpha value is -2.25. The third-order valence-corrected chi connectivity index (χ3v) is 8.38. The Kier molecular flexibility index (Phi) is 5.93. The van der Waals surface area contributed by atoms with E-state index in [4.69, 9.17) is 0 Å². The molecule has 2 aliphatic rings. The number of nitrogens with zero attached hydrogens (tertiary/aromatic N) is 1. The standard InChI is InChI=1S/C23H27FN2O3S/c24-20-9-11-21(12-10-20)30(28,29)26-15-4-6-18(16-26)22(27)25-17-23(13-5-14-23)19-7-2-1-3-8-19/h1-3,7-12,18H,4-6,13-17H2,(H,25,27). The largest absolute Gasteiger partial charge is 0.355 e. The van der Waals surface area contributed by atoms with Crippen LogP contribution in [0.2, 0.25) is 0 Å². The molecule has 0 bridgehead atoms. The fourth-order valence-electron chi connectivity index (χ4n) is 4.49. The van der Waals surface area contributed by atoms with Crippen LogP contribution in [0.4, 0.5) is 4.39 Å². The summed E-state index contributed by atoms with van der Waals surface area (Å²) in [5, 5.41) is 3.10. The van der Waals surface area contributed by atoms with Gasteiger partial charge in [-0.2, -0.15) is 4.31 Å². The molecule has 1 heterocycles. The first kappa shape index (κ1) is 21.0. The number of carbonyl (C=O) groups excluding carboxylic acids is 1. The molecular weight excluding hydrogens is 403 g/mol. The van der Waals surface area contributed by atoms with Crippen LogP contribution in [0.5, 0.6) is 0 Å². The number of rotatable bonds is 6. The minimum absolute atomic E-state index is 0.00847. The van der Waals surface area contributed by atoms with Gasteiger partial charge in [-0.1, -0.05) is 36.8 Å². The lowest BCUT2D eigenvalue weighted by molar-refractivity contribution is -0.126. The Bertz CT molecular complexity index is 989. The molecule has 2 aromatic carbocycles. The molecule has 1 saturated heterocycles. The molecule has 2 aromatic rings. The zero-order chi connectivity index (χ0) is 21.2. The van der Waals surface area contributed by atoms with Crippen molar-refractivity contribution >= 4 is 15.9 Å². The highest BCUT2D eigenvalue weighted by molar-refractivity contribution is 7.89. The molecular formula is C23H27FN2O3S. The zero-order valence-electron chi connectivity index (χ0n) is 16.9. The van der Waals surface area contributed by atoms with Crippen LogP contribution in [0.15, 0.2) is 59.5 Å².